The van der Waals surface area contributed by atoms with Gasteiger partial charge in [0, 0.05) is 32.3 Å². The van der Waals surface area contributed by atoms with Gasteiger partial charge in [-0.2, -0.15) is 0 Å². The van der Waals surface area contributed by atoms with Crippen LogP contribution in [-0.4, -0.2) is 37.4 Å². The molecule has 1 N–H and O–H groups in total. The van der Waals surface area contributed by atoms with Gasteiger partial charge in [-0.1, -0.05) is 37.5 Å². The molecular weight excluding hydrogens is 302 g/mol. The molecule has 0 aliphatic rings. The summed E-state index contributed by atoms with van der Waals surface area (Å²) in [6.07, 6.45) is 8.73. The zero-order chi connectivity index (χ0) is 17.5. The molecule has 0 fully saturated rings. The van der Waals surface area contributed by atoms with E-state index in [4.69, 9.17) is 9.84 Å². The molecular formula is C20H33NO3. The number of rotatable bonds is 14. The van der Waals surface area contributed by atoms with Gasteiger partial charge in [0.25, 0.3) is 0 Å². The third-order valence-electron chi connectivity index (χ3n) is 4.09. The first-order valence-corrected chi connectivity index (χ1v) is 9.28. The van der Waals surface area contributed by atoms with E-state index < -0.39 is 0 Å². The maximum Gasteiger partial charge on any atom is 0.302 e. The Balaban J connectivity index is 2.25. The van der Waals surface area contributed by atoms with Crippen molar-refractivity contribution >= 4 is 11.7 Å². The fourth-order valence-electron chi connectivity index (χ4n) is 2.75. The van der Waals surface area contributed by atoms with E-state index in [-0.39, 0.29) is 5.97 Å². The van der Waals surface area contributed by atoms with E-state index in [1.54, 1.807) is 0 Å². The quantitative estimate of drug-likeness (QED) is 0.409. The van der Waals surface area contributed by atoms with E-state index in [0.717, 1.165) is 51.6 Å². The van der Waals surface area contributed by atoms with Gasteiger partial charge in [-0.15, -0.1) is 0 Å². The fraction of sp³-hybridized carbons (Fsp3) is 0.650. The fourth-order valence-corrected chi connectivity index (χ4v) is 2.75. The number of anilines is 1. The lowest BCUT2D eigenvalue weighted by atomic mass is 10.1. The summed E-state index contributed by atoms with van der Waals surface area (Å²) >= 11 is 0. The van der Waals surface area contributed by atoms with Gasteiger partial charge in [0.05, 0.1) is 6.61 Å². The Hall–Kier alpha value is -1.55. The number of esters is 1. The maximum atomic E-state index is 10.7. The number of carbonyl (C=O) groups excluding carboxylic acids is 1. The van der Waals surface area contributed by atoms with E-state index in [2.05, 4.69) is 35.2 Å². The average molecular weight is 335 g/mol. The standard InChI is InChI=1S/C20H33NO3/c1-19(23)24-18-12-5-3-10-16-21(15-9-2-4-11-17-22)20-13-7-6-8-14-20/h6-8,13-14,22H,2-5,9-12,15-18H2,1H3. The van der Waals surface area contributed by atoms with Gasteiger partial charge in [0.1, 0.15) is 0 Å². The highest BCUT2D eigenvalue weighted by Gasteiger charge is 2.05. The van der Waals surface area contributed by atoms with Crippen molar-refractivity contribution < 1.29 is 14.6 Å². The van der Waals surface area contributed by atoms with Crippen LogP contribution in [-0.2, 0) is 9.53 Å². The van der Waals surface area contributed by atoms with E-state index in [1.165, 1.54) is 25.5 Å². The minimum absolute atomic E-state index is 0.188. The summed E-state index contributed by atoms with van der Waals surface area (Å²) in [7, 11) is 0. The molecule has 24 heavy (non-hydrogen) atoms. The molecule has 4 heteroatoms. The number of nitrogens with zero attached hydrogens (tertiary/aromatic N) is 1. The summed E-state index contributed by atoms with van der Waals surface area (Å²) in [5.41, 5.74) is 1.29. The number of para-hydroxylation sites is 1. The molecule has 0 saturated carbocycles. The average Bonchev–Trinajstić information content (AvgIpc) is 2.59. The number of ether oxygens (including phenoxy) is 1. The number of hydrogen-bond donors (Lipinski definition) is 1. The second-order valence-electron chi connectivity index (χ2n) is 6.21. The second-order valence-corrected chi connectivity index (χ2v) is 6.21. The molecule has 0 aliphatic carbocycles. The first-order chi connectivity index (χ1) is 11.7. The summed E-state index contributed by atoms with van der Waals surface area (Å²) in [5.74, 6) is -0.188. The molecule has 0 bridgehead atoms. The molecule has 0 spiro atoms. The number of benzene rings is 1. The second kappa shape index (κ2) is 13.8. The molecule has 0 amide bonds. The highest BCUT2D eigenvalue weighted by Crippen LogP contribution is 2.16. The van der Waals surface area contributed by atoms with Crippen LogP contribution in [0, 0.1) is 0 Å². The Morgan fingerprint density at radius 2 is 1.50 bits per heavy atom. The molecule has 0 heterocycles. The summed E-state index contributed by atoms with van der Waals surface area (Å²) in [4.78, 5) is 13.2. The molecule has 0 unspecified atom stereocenters. The topological polar surface area (TPSA) is 49.8 Å². The van der Waals surface area contributed by atoms with E-state index in [9.17, 15) is 4.79 Å². The molecule has 1 aromatic carbocycles. The molecule has 1 aromatic rings. The maximum absolute atomic E-state index is 10.7. The Bertz CT molecular complexity index is 422. The van der Waals surface area contributed by atoms with Gasteiger partial charge in [0.15, 0.2) is 0 Å². The minimum atomic E-state index is -0.188. The van der Waals surface area contributed by atoms with Crippen molar-refractivity contribution in [2.24, 2.45) is 0 Å². The predicted octanol–water partition coefficient (Wildman–Crippen LogP) is 4.17. The lowest BCUT2D eigenvalue weighted by molar-refractivity contribution is -0.141. The van der Waals surface area contributed by atoms with Gasteiger partial charge < -0.3 is 14.7 Å². The van der Waals surface area contributed by atoms with E-state index >= 15 is 0 Å². The third-order valence-corrected chi connectivity index (χ3v) is 4.09. The minimum Gasteiger partial charge on any atom is -0.466 e. The zero-order valence-corrected chi connectivity index (χ0v) is 15.1. The smallest absolute Gasteiger partial charge is 0.302 e. The van der Waals surface area contributed by atoms with Crippen LogP contribution in [0.5, 0.6) is 0 Å². The molecule has 4 nitrogen and oxygen atoms in total. The van der Waals surface area contributed by atoms with Crippen LogP contribution in [0.3, 0.4) is 0 Å². The molecule has 0 atom stereocenters. The van der Waals surface area contributed by atoms with Crippen molar-refractivity contribution in [2.45, 2.75) is 58.3 Å². The molecule has 0 aliphatic heterocycles. The summed E-state index contributed by atoms with van der Waals surface area (Å²) in [6.45, 7) is 4.44. The number of aliphatic hydroxyl groups is 1. The highest BCUT2D eigenvalue weighted by atomic mass is 16.5. The summed E-state index contributed by atoms with van der Waals surface area (Å²) in [6, 6.07) is 10.6. The van der Waals surface area contributed by atoms with Crippen LogP contribution in [0.2, 0.25) is 0 Å². The van der Waals surface area contributed by atoms with Crippen molar-refractivity contribution in [2.75, 3.05) is 31.2 Å². The number of hydrogen-bond acceptors (Lipinski definition) is 4. The Kier molecular flexibility index (Phi) is 11.8. The molecule has 1 rings (SSSR count). The van der Waals surface area contributed by atoms with Crippen LogP contribution in [0.1, 0.15) is 58.3 Å². The van der Waals surface area contributed by atoms with Crippen molar-refractivity contribution in [3.63, 3.8) is 0 Å². The van der Waals surface area contributed by atoms with Crippen molar-refractivity contribution in [1.29, 1.82) is 0 Å². The number of aliphatic hydroxyl groups excluding tert-OH is 1. The van der Waals surface area contributed by atoms with E-state index in [1.807, 2.05) is 0 Å². The van der Waals surface area contributed by atoms with Crippen LogP contribution in [0.25, 0.3) is 0 Å². The van der Waals surface area contributed by atoms with Gasteiger partial charge in [-0.25, -0.2) is 0 Å². The SMILES string of the molecule is CC(=O)OCCCCCCN(CCCCCCO)c1ccccc1. The van der Waals surface area contributed by atoms with Gasteiger partial charge >= 0.3 is 5.97 Å². The van der Waals surface area contributed by atoms with Crippen LogP contribution >= 0.6 is 0 Å². The zero-order valence-electron chi connectivity index (χ0n) is 15.1. The Morgan fingerprint density at radius 1 is 0.917 bits per heavy atom. The molecule has 0 saturated heterocycles. The Morgan fingerprint density at radius 3 is 2.08 bits per heavy atom. The van der Waals surface area contributed by atoms with E-state index in [0.29, 0.717) is 13.2 Å². The Labute approximate surface area is 146 Å². The predicted molar refractivity (Wildman–Crippen MR) is 99.3 cm³/mol. The highest BCUT2D eigenvalue weighted by molar-refractivity contribution is 5.65. The third kappa shape index (κ3) is 10.3. The van der Waals surface area contributed by atoms with Crippen LogP contribution in [0.15, 0.2) is 30.3 Å². The van der Waals surface area contributed by atoms with Crippen molar-refractivity contribution in [3.05, 3.63) is 30.3 Å². The lowest BCUT2D eigenvalue weighted by Crippen LogP contribution is -2.25. The lowest BCUT2D eigenvalue weighted by Gasteiger charge is -2.25. The van der Waals surface area contributed by atoms with Crippen LogP contribution in [0.4, 0.5) is 5.69 Å². The van der Waals surface area contributed by atoms with Gasteiger partial charge in [-0.05, 0) is 44.2 Å². The summed E-state index contributed by atoms with van der Waals surface area (Å²) in [5, 5.41) is 8.85. The molecule has 136 valence electrons. The first-order valence-electron chi connectivity index (χ1n) is 9.28. The number of carbonyl (C=O) groups is 1. The number of unbranched alkanes of at least 4 members (excludes halogenated alkanes) is 6. The van der Waals surface area contributed by atoms with Crippen molar-refractivity contribution in [1.82, 2.24) is 0 Å². The summed E-state index contributed by atoms with van der Waals surface area (Å²) < 4.78 is 4.96. The largest absolute Gasteiger partial charge is 0.466 e. The first kappa shape index (κ1) is 20.5. The normalized spacial score (nSPS) is 10.6. The van der Waals surface area contributed by atoms with Crippen LogP contribution < -0.4 is 4.90 Å². The van der Waals surface area contributed by atoms with Crippen molar-refractivity contribution in [3.8, 4) is 0 Å². The van der Waals surface area contributed by atoms with Gasteiger partial charge in [0.2, 0.25) is 0 Å². The van der Waals surface area contributed by atoms with Gasteiger partial charge in [-0.3, -0.25) is 4.79 Å². The monoisotopic (exact) mass is 335 g/mol. The molecule has 0 aromatic heterocycles. The molecule has 0 radical (unpaired) electrons.